The fraction of sp³-hybridized carbons (Fsp3) is 0.343. The number of ether oxygens (including phenoxy) is 1. The summed E-state index contributed by atoms with van der Waals surface area (Å²) in [5.74, 6) is -1.93. The van der Waals surface area contributed by atoms with E-state index in [1.165, 1.54) is 28.9 Å². The number of hydroxylamine groups is 2. The number of nitrogens with two attached hydrogens (primary N) is 1. The topological polar surface area (TPSA) is 172 Å². The van der Waals surface area contributed by atoms with Gasteiger partial charge in [0.25, 0.3) is 5.91 Å². The fourth-order valence-corrected chi connectivity index (χ4v) is 5.91. The summed E-state index contributed by atoms with van der Waals surface area (Å²) in [6.45, 7) is 1.21. The monoisotopic (exact) mass is 657 g/mol. The van der Waals surface area contributed by atoms with Crippen LogP contribution in [0.5, 0.6) is 5.75 Å². The zero-order valence-corrected chi connectivity index (χ0v) is 26.6. The number of rotatable bonds is 12. The van der Waals surface area contributed by atoms with E-state index >= 15 is 0 Å². The zero-order valence-electron chi connectivity index (χ0n) is 26.6. The first-order valence-electron chi connectivity index (χ1n) is 15.8. The highest BCUT2D eigenvalue weighted by Crippen LogP contribution is 2.31. The number of piperazine rings is 1. The molecule has 0 aliphatic carbocycles. The van der Waals surface area contributed by atoms with Gasteiger partial charge in [-0.2, -0.15) is 5.06 Å². The molecule has 5 amide bonds. The molecule has 48 heavy (non-hydrogen) atoms. The maximum Gasteiger partial charge on any atom is 0.436 e. The lowest BCUT2D eigenvalue weighted by molar-refractivity contribution is -0.264. The normalized spacial score (nSPS) is 19.8. The van der Waals surface area contributed by atoms with E-state index in [0.717, 1.165) is 21.8 Å². The van der Waals surface area contributed by atoms with E-state index in [9.17, 15) is 29.1 Å². The van der Waals surface area contributed by atoms with Gasteiger partial charge >= 0.3 is 6.09 Å². The van der Waals surface area contributed by atoms with Crippen molar-refractivity contribution in [1.29, 1.82) is 0 Å². The molecule has 5 rings (SSSR count). The highest BCUT2D eigenvalue weighted by atomic mass is 16.7. The lowest BCUT2D eigenvalue weighted by Crippen LogP contribution is -2.75. The molecule has 0 aromatic heterocycles. The van der Waals surface area contributed by atoms with Gasteiger partial charge in [0.05, 0.1) is 13.2 Å². The number of phenolic OH excluding ortho intramolecular Hbond substituents is 1. The number of hydrogen-bond donors (Lipinski definition) is 3. The lowest BCUT2D eigenvalue weighted by atomic mass is 9.95. The van der Waals surface area contributed by atoms with Crippen LogP contribution < -0.4 is 11.1 Å². The second kappa shape index (κ2) is 15.4. The molecule has 252 valence electrons. The van der Waals surface area contributed by atoms with Crippen molar-refractivity contribution in [2.45, 2.75) is 57.0 Å². The molecular formula is C35H39N5O8. The first-order valence-corrected chi connectivity index (χ1v) is 15.8. The quantitative estimate of drug-likeness (QED) is 0.265. The first-order chi connectivity index (χ1) is 23.1. The van der Waals surface area contributed by atoms with Crippen LogP contribution in [0.2, 0.25) is 0 Å². The van der Waals surface area contributed by atoms with Crippen LogP contribution in [0.3, 0.4) is 0 Å². The third-order valence-electron chi connectivity index (χ3n) is 8.36. The predicted molar refractivity (Wildman–Crippen MR) is 173 cm³/mol. The van der Waals surface area contributed by atoms with Crippen molar-refractivity contribution in [2.24, 2.45) is 5.73 Å². The minimum Gasteiger partial charge on any atom is -0.508 e. The van der Waals surface area contributed by atoms with Gasteiger partial charge in [0, 0.05) is 32.2 Å². The number of carbonyl (C=O) groups excluding carboxylic acids is 5. The molecule has 4 N–H and O–H groups in total. The minimum absolute atomic E-state index is 0.0203. The molecule has 3 aromatic rings. The van der Waals surface area contributed by atoms with Gasteiger partial charge in [-0.1, -0.05) is 72.8 Å². The zero-order chi connectivity index (χ0) is 34.2. The van der Waals surface area contributed by atoms with Crippen molar-refractivity contribution in [3.05, 3.63) is 102 Å². The second-order valence-electron chi connectivity index (χ2n) is 11.7. The van der Waals surface area contributed by atoms with Crippen LogP contribution in [0.1, 0.15) is 30.0 Å². The molecule has 3 aromatic carbocycles. The Morgan fingerprint density at radius 2 is 1.58 bits per heavy atom. The number of carbonyl (C=O) groups is 5. The van der Waals surface area contributed by atoms with E-state index in [-0.39, 0.29) is 44.7 Å². The molecule has 0 radical (unpaired) electrons. The van der Waals surface area contributed by atoms with Crippen molar-refractivity contribution in [3.8, 4) is 5.75 Å². The third-order valence-corrected chi connectivity index (χ3v) is 8.36. The summed E-state index contributed by atoms with van der Waals surface area (Å²) in [6, 6.07) is 22.7. The standard InChI is InChI=1S/C35H39N5O8/c1-23-33(44)39-29(21-26-10-6-3-7-11-26)34(45)38(28(20-25-8-4-2-5-9-25)32(43)37-18-16-30(36)42)22-31(39)40(48-23)35(46)47-19-17-24-12-14-27(41)15-13-24/h2-15,23,28-29,31,41H,16-22H2,1H3,(H2,36,42)(H,37,43)/t23-,28+,29+,31?/m1/s1. The molecule has 2 saturated heterocycles. The lowest BCUT2D eigenvalue weighted by Gasteiger charge is -2.53. The minimum atomic E-state index is -1.11. The van der Waals surface area contributed by atoms with Crippen LogP contribution in [-0.2, 0) is 48.0 Å². The van der Waals surface area contributed by atoms with Crippen LogP contribution in [0.25, 0.3) is 0 Å². The number of fused-ring (bicyclic) bond motifs is 1. The molecule has 1 unspecified atom stereocenters. The van der Waals surface area contributed by atoms with Gasteiger partial charge in [0.15, 0.2) is 12.3 Å². The number of amides is 5. The summed E-state index contributed by atoms with van der Waals surface area (Å²) < 4.78 is 5.58. The van der Waals surface area contributed by atoms with E-state index in [1.54, 1.807) is 12.1 Å². The van der Waals surface area contributed by atoms with Gasteiger partial charge in [-0.25, -0.2) is 4.79 Å². The Balaban J connectivity index is 1.47. The summed E-state index contributed by atoms with van der Waals surface area (Å²) in [5.41, 5.74) is 7.66. The van der Waals surface area contributed by atoms with Gasteiger partial charge < -0.3 is 30.7 Å². The number of hydrogen-bond acceptors (Lipinski definition) is 8. The largest absolute Gasteiger partial charge is 0.508 e. The Hall–Kier alpha value is -5.43. The maximum atomic E-state index is 14.5. The van der Waals surface area contributed by atoms with Gasteiger partial charge in [-0.05, 0) is 35.7 Å². The Kier molecular flexibility index (Phi) is 10.9. The van der Waals surface area contributed by atoms with Crippen molar-refractivity contribution in [2.75, 3.05) is 19.7 Å². The Morgan fingerprint density at radius 1 is 0.938 bits per heavy atom. The number of primary amides is 1. The maximum absolute atomic E-state index is 14.5. The molecular weight excluding hydrogens is 618 g/mol. The fourth-order valence-electron chi connectivity index (χ4n) is 5.91. The third kappa shape index (κ3) is 8.10. The van der Waals surface area contributed by atoms with Crippen molar-refractivity contribution in [3.63, 3.8) is 0 Å². The van der Waals surface area contributed by atoms with Crippen LogP contribution >= 0.6 is 0 Å². The van der Waals surface area contributed by atoms with Crippen molar-refractivity contribution in [1.82, 2.24) is 20.2 Å². The Morgan fingerprint density at radius 3 is 2.23 bits per heavy atom. The van der Waals surface area contributed by atoms with E-state index in [2.05, 4.69) is 5.32 Å². The van der Waals surface area contributed by atoms with Crippen LogP contribution in [0.4, 0.5) is 4.79 Å². The van der Waals surface area contributed by atoms with Crippen LogP contribution in [0, 0.1) is 0 Å². The number of nitrogens with one attached hydrogen (secondary N) is 1. The first kappa shape index (κ1) is 33.9. The summed E-state index contributed by atoms with van der Waals surface area (Å²) in [5, 5.41) is 13.3. The average molecular weight is 658 g/mol. The molecule has 13 nitrogen and oxygen atoms in total. The summed E-state index contributed by atoms with van der Waals surface area (Å²) in [4.78, 5) is 75.5. The summed E-state index contributed by atoms with van der Waals surface area (Å²) in [7, 11) is 0. The van der Waals surface area contributed by atoms with Gasteiger partial charge in [0.2, 0.25) is 17.7 Å². The van der Waals surface area contributed by atoms with E-state index < -0.39 is 54.1 Å². The summed E-state index contributed by atoms with van der Waals surface area (Å²) in [6.07, 6.45) is -2.55. The van der Waals surface area contributed by atoms with Crippen molar-refractivity contribution < 1.29 is 38.7 Å². The Labute approximate surface area is 278 Å². The van der Waals surface area contributed by atoms with Crippen LogP contribution in [0.15, 0.2) is 84.9 Å². The van der Waals surface area contributed by atoms with Crippen molar-refractivity contribution >= 4 is 29.7 Å². The number of benzene rings is 3. The van der Waals surface area contributed by atoms with Gasteiger partial charge in [-0.3, -0.25) is 24.0 Å². The Bertz CT molecular complexity index is 1600. The molecule has 0 saturated carbocycles. The highest BCUT2D eigenvalue weighted by Gasteiger charge is 2.54. The van der Waals surface area contributed by atoms with Gasteiger partial charge in [0.1, 0.15) is 17.8 Å². The average Bonchev–Trinajstić information content (AvgIpc) is 3.08. The SMILES string of the molecule is C[C@H]1ON(C(=O)OCCc2ccc(O)cc2)C2CN([C@@H](Cc3ccccc3)C(=O)NCCC(N)=O)C(=O)[C@H](Cc3ccccc3)N2C1=O. The van der Waals surface area contributed by atoms with E-state index in [0.29, 0.717) is 6.42 Å². The molecule has 2 fully saturated rings. The van der Waals surface area contributed by atoms with Gasteiger partial charge in [-0.15, -0.1) is 0 Å². The van der Waals surface area contributed by atoms with E-state index in [4.69, 9.17) is 15.3 Å². The molecule has 0 spiro atoms. The molecule has 13 heteroatoms. The number of aromatic hydroxyl groups is 1. The smallest absolute Gasteiger partial charge is 0.436 e. The number of phenols is 1. The summed E-state index contributed by atoms with van der Waals surface area (Å²) >= 11 is 0. The second-order valence-corrected chi connectivity index (χ2v) is 11.7. The van der Waals surface area contributed by atoms with Crippen LogP contribution in [-0.4, -0.2) is 93.7 Å². The predicted octanol–water partition coefficient (Wildman–Crippen LogP) is 1.92. The molecule has 4 atom stereocenters. The molecule has 2 aliphatic rings. The highest BCUT2D eigenvalue weighted by molar-refractivity contribution is 5.95. The molecule has 0 bridgehead atoms. The molecule has 2 aliphatic heterocycles. The molecule has 2 heterocycles. The van der Waals surface area contributed by atoms with E-state index in [1.807, 2.05) is 60.7 Å². The number of nitrogens with zero attached hydrogens (tertiary/aromatic N) is 3.